The topological polar surface area (TPSA) is 51.9 Å². The summed E-state index contributed by atoms with van der Waals surface area (Å²) in [5, 5.41) is 8.22. The van der Waals surface area contributed by atoms with Crippen molar-refractivity contribution in [3.8, 4) is 0 Å². The lowest BCUT2D eigenvalue weighted by Crippen LogP contribution is -2.13. The molecule has 0 saturated heterocycles. The molecule has 0 aliphatic heterocycles. The van der Waals surface area contributed by atoms with E-state index < -0.39 is 0 Å². The van der Waals surface area contributed by atoms with Crippen LogP contribution in [-0.2, 0) is 18.3 Å². The molecule has 0 fully saturated rings. The Morgan fingerprint density at radius 3 is 2.74 bits per heavy atom. The summed E-state index contributed by atoms with van der Waals surface area (Å²) in [5.74, 6) is 0.590. The molecule has 0 saturated carbocycles. The third-order valence-corrected chi connectivity index (χ3v) is 3.98. The van der Waals surface area contributed by atoms with Crippen LogP contribution < -0.4 is 5.32 Å². The average Bonchev–Trinajstić information content (AvgIpc) is 3.09. The predicted molar refractivity (Wildman–Crippen MR) is 92.5 cm³/mol. The van der Waals surface area contributed by atoms with Gasteiger partial charge in [-0.25, -0.2) is 0 Å². The molecule has 1 amide bonds. The fourth-order valence-electron chi connectivity index (χ4n) is 2.84. The van der Waals surface area contributed by atoms with Crippen LogP contribution in [0, 0.1) is 0 Å². The molecular formula is C18H22N4O. The highest BCUT2D eigenvalue weighted by atomic mass is 16.1. The Morgan fingerprint density at radius 1 is 1.26 bits per heavy atom. The van der Waals surface area contributed by atoms with E-state index in [0.29, 0.717) is 18.3 Å². The second-order valence-electron chi connectivity index (χ2n) is 6.10. The molecular weight excluding hydrogens is 288 g/mol. The average molecular weight is 310 g/mol. The van der Waals surface area contributed by atoms with Crippen LogP contribution in [-0.4, -0.2) is 20.3 Å². The number of fused-ring (bicyclic) bond motifs is 1. The quantitative estimate of drug-likeness (QED) is 0.784. The molecule has 0 radical (unpaired) electrons. The number of nitrogens with one attached hydrogen (secondary N) is 1. The number of benzene rings is 1. The molecule has 3 rings (SSSR count). The van der Waals surface area contributed by atoms with Crippen LogP contribution in [0.4, 0.5) is 5.82 Å². The maximum absolute atomic E-state index is 12.1. The third-order valence-electron chi connectivity index (χ3n) is 3.98. The first-order valence-corrected chi connectivity index (χ1v) is 7.92. The van der Waals surface area contributed by atoms with E-state index in [1.54, 1.807) is 10.7 Å². The number of amides is 1. The molecule has 5 nitrogen and oxygen atoms in total. The summed E-state index contributed by atoms with van der Waals surface area (Å²) in [4.78, 5) is 12.1. The fourth-order valence-corrected chi connectivity index (χ4v) is 2.84. The minimum Gasteiger partial charge on any atom is -0.345 e. The number of hydrogen-bond acceptors (Lipinski definition) is 2. The first-order chi connectivity index (χ1) is 11.0. The van der Waals surface area contributed by atoms with Gasteiger partial charge in [0.25, 0.3) is 0 Å². The van der Waals surface area contributed by atoms with Crippen LogP contribution in [0.25, 0.3) is 10.9 Å². The highest BCUT2D eigenvalue weighted by Gasteiger charge is 2.12. The molecule has 0 bridgehead atoms. The number of nitrogens with zero attached hydrogens (tertiary/aromatic N) is 3. The fraction of sp³-hybridized carbons (Fsp3) is 0.333. The Bertz CT molecular complexity index is 829. The second kappa shape index (κ2) is 6.28. The Labute approximate surface area is 135 Å². The van der Waals surface area contributed by atoms with Crippen molar-refractivity contribution in [3.63, 3.8) is 0 Å². The molecule has 0 unspecified atom stereocenters. The highest BCUT2D eigenvalue weighted by Crippen LogP contribution is 2.25. The molecule has 2 aromatic heterocycles. The first kappa shape index (κ1) is 15.3. The number of hydrogen-bond donors (Lipinski definition) is 1. The van der Waals surface area contributed by atoms with Crippen molar-refractivity contribution >= 4 is 22.6 Å². The zero-order valence-electron chi connectivity index (χ0n) is 13.8. The number of aryl methyl sites for hydroxylation is 2. The molecule has 0 aliphatic carbocycles. The van der Waals surface area contributed by atoms with Gasteiger partial charge in [0.2, 0.25) is 5.91 Å². The summed E-state index contributed by atoms with van der Waals surface area (Å²) in [7, 11) is 1.83. The van der Waals surface area contributed by atoms with E-state index in [-0.39, 0.29) is 5.91 Å². The lowest BCUT2D eigenvalue weighted by Gasteiger charge is -2.08. The van der Waals surface area contributed by atoms with Gasteiger partial charge in [0, 0.05) is 48.9 Å². The third kappa shape index (κ3) is 3.28. The number of para-hydroxylation sites is 1. The molecule has 0 atom stereocenters. The van der Waals surface area contributed by atoms with Crippen LogP contribution in [0.15, 0.2) is 42.7 Å². The van der Waals surface area contributed by atoms with Crippen molar-refractivity contribution in [2.75, 3.05) is 5.32 Å². The van der Waals surface area contributed by atoms with Crippen molar-refractivity contribution in [1.82, 2.24) is 14.3 Å². The summed E-state index contributed by atoms with van der Waals surface area (Å²) in [6.45, 7) is 4.34. The van der Waals surface area contributed by atoms with E-state index in [9.17, 15) is 4.79 Å². The molecule has 3 aromatic rings. The summed E-state index contributed by atoms with van der Waals surface area (Å²) >= 11 is 0. The largest absolute Gasteiger partial charge is 0.345 e. The van der Waals surface area contributed by atoms with E-state index in [4.69, 9.17) is 0 Å². The van der Waals surface area contributed by atoms with Gasteiger partial charge < -0.3 is 9.88 Å². The van der Waals surface area contributed by atoms with Crippen LogP contribution >= 0.6 is 0 Å². The number of carbonyl (C=O) groups excluding carboxylic acids is 1. The normalized spacial score (nSPS) is 11.3. The van der Waals surface area contributed by atoms with Crippen LogP contribution in [0.3, 0.4) is 0 Å². The van der Waals surface area contributed by atoms with E-state index in [0.717, 1.165) is 6.42 Å². The molecule has 1 N–H and O–H groups in total. The number of aromatic nitrogens is 3. The van der Waals surface area contributed by atoms with Gasteiger partial charge in [-0.1, -0.05) is 18.2 Å². The van der Waals surface area contributed by atoms with E-state index >= 15 is 0 Å². The lowest BCUT2D eigenvalue weighted by molar-refractivity contribution is -0.116. The van der Waals surface area contributed by atoms with E-state index in [1.807, 2.05) is 19.3 Å². The predicted octanol–water partition coefficient (Wildman–Crippen LogP) is 3.53. The Balaban J connectivity index is 1.73. The summed E-state index contributed by atoms with van der Waals surface area (Å²) in [6.07, 6.45) is 5.15. The zero-order chi connectivity index (χ0) is 16.4. The van der Waals surface area contributed by atoms with Crippen molar-refractivity contribution in [2.24, 2.45) is 7.05 Å². The molecule has 120 valence electrons. The molecule has 2 heterocycles. The van der Waals surface area contributed by atoms with Gasteiger partial charge in [-0.2, -0.15) is 5.10 Å². The van der Waals surface area contributed by atoms with Gasteiger partial charge in [-0.05, 0) is 31.9 Å². The smallest absolute Gasteiger partial charge is 0.225 e. The highest BCUT2D eigenvalue weighted by molar-refractivity contribution is 5.90. The van der Waals surface area contributed by atoms with Crippen molar-refractivity contribution < 1.29 is 4.79 Å². The van der Waals surface area contributed by atoms with Crippen molar-refractivity contribution in [3.05, 3.63) is 48.3 Å². The van der Waals surface area contributed by atoms with Gasteiger partial charge in [0.05, 0.1) is 0 Å². The second-order valence-corrected chi connectivity index (χ2v) is 6.10. The van der Waals surface area contributed by atoms with Crippen LogP contribution in [0.5, 0.6) is 0 Å². The summed E-state index contributed by atoms with van der Waals surface area (Å²) in [5.41, 5.74) is 2.44. The zero-order valence-corrected chi connectivity index (χ0v) is 13.8. The maximum atomic E-state index is 12.1. The van der Waals surface area contributed by atoms with Crippen LogP contribution in [0.2, 0.25) is 0 Å². The van der Waals surface area contributed by atoms with E-state index in [2.05, 4.69) is 53.2 Å². The molecule has 0 aliphatic rings. The van der Waals surface area contributed by atoms with E-state index in [1.165, 1.54) is 16.5 Å². The summed E-state index contributed by atoms with van der Waals surface area (Å²) in [6, 6.07) is 10.6. The minimum absolute atomic E-state index is 0.00919. The van der Waals surface area contributed by atoms with Gasteiger partial charge >= 0.3 is 0 Å². The van der Waals surface area contributed by atoms with Gasteiger partial charge in [-0.15, -0.1) is 0 Å². The molecule has 5 heteroatoms. The molecule has 0 spiro atoms. The number of carbonyl (C=O) groups is 1. The minimum atomic E-state index is -0.00919. The van der Waals surface area contributed by atoms with Crippen molar-refractivity contribution in [2.45, 2.75) is 32.7 Å². The lowest BCUT2D eigenvalue weighted by atomic mass is 10.1. The number of rotatable bonds is 5. The van der Waals surface area contributed by atoms with Gasteiger partial charge in [-0.3, -0.25) is 9.48 Å². The Hall–Kier alpha value is -2.56. The molecule has 23 heavy (non-hydrogen) atoms. The maximum Gasteiger partial charge on any atom is 0.225 e. The van der Waals surface area contributed by atoms with Gasteiger partial charge in [0.15, 0.2) is 5.82 Å². The van der Waals surface area contributed by atoms with Crippen LogP contribution in [0.1, 0.15) is 31.9 Å². The van der Waals surface area contributed by atoms with Gasteiger partial charge in [0.1, 0.15) is 0 Å². The Kier molecular flexibility index (Phi) is 4.19. The standard InChI is InChI=1S/C18H22N4O/c1-13(2)22-12-14(15-6-4-5-7-16(15)22)8-9-18(23)19-17-10-11-21(3)20-17/h4-7,10-13H,8-9H2,1-3H3,(H,19,20,23). The van der Waals surface area contributed by atoms with Crippen molar-refractivity contribution in [1.29, 1.82) is 0 Å². The molecule has 1 aromatic carbocycles. The monoisotopic (exact) mass is 310 g/mol. The number of anilines is 1. The SMILES string of the molecule is CC(C)n1cc(CCC(=O)Nc2ccn(C)n2)c2ccccc21. The summed E-state index contributed by atoms with van der Waals surface area (Å²) < 4.78 is 3.94. The first-order valence-electron chi connectivity index (χ1n) is 7.92. The Morgan fingerprint density at radius 2 is 2.04 bits per heavy atom.